The van der Waals surface area contributed by atoms with Gasteiger partial charge in [0.25, 0.3) is 0 Å². The summed E-state index contributed by atoms with van der Waals surface area (Å²) in [6, 6.07) is 10.8. The Kier molecular flexibility index (Phi) is 4.36. The highest BCUT2D eigenvalue weighted by atomic mass is 16.3. The molecule has 1 saturated heterocycles. The third kappa shape index (κ3) is 3.34. The van der Waals surface area contributed by atoms with Gasteiger partial charge in [0.2, 0.25) is 0 Å². The van der Waals surface area contributed by atoms with E-state index in [1.54, 1.807) is 0 Å². The Labute approximate surface area is 125 Å². The molecule has 1 aliphatic rings. The second kappa shape index (κ2) is 6.41. The molecule has 1 aromatic carbocycles. The number of H-pyrrole nitrogens is 1. The minimum atomic E-state index is -0.228. The molecule has 0 bridgehead atoms. The molecule has 1 aliphatic heterocycles. The van der Waals surface area contributed by atoms with Crippen molar-refractivity contribution in [1.82, 2.24) is 15.1 Å². The number of benzene rings is 1. The molecule has 0 amide bonds. The van der Waals surface area contributed by atoms with Crippen molar-refractivity contribution in [3.05, 3.63) is 42.1 Å². The van der Waals surface area contributed by atoms with Gasteiger partial charge in [-0.25, -0.2) is 0 Å². The number of rotatable bonds is 5. The van der Waals surface area contributed by atoms with Crippen LogP contribution in [0.1, 0.15) is 31.7 Å². The summed E-state index contributed by atoms with van der Waals surface area (Å²) in [5, 5.41) is 17.0. The van der Waals surface area contributed by atoms with Crippen molar-refractivity contribution in [3.8, 4) is 11.3 Å². The Morgan fingerprint density at radius 1 is 1.38 bits per heavy atom. The van der Waals surface area contributed by atoms with Crippen LogP contribution in [-0.4, -0.2) is 38.9 Å². The number of hydrogen-bond donors (Lipinski definition) is 2. The van der Waals surface area contributed by atoms with Crippen molar-refractivity contribution < 1.29 is 5.11 Å². The lowest BCUT2D eigenvalue weighted by Gasteiger charge is -2.25. The number of aliphatic hydroxyl groups excluding tert-OH is 1. The maximum atomic E-state index is 9.64. The molecule has 2 aromatic rings. The quantitative estimate of drug-likeness (QED) is 0.888. The fraction of sp³-hybridized carbons (Fsp3) is 0.471. The Morgan fingerprint density at radius 2 is 2.19 bits per heavy atom. The van der Waals surface area contributed by atoms with Gasteiger partial charge in [0.1, 0.15) is 0 Å². The molecule has 0 aliphatic carbocycles. The molecule has 0 saturated carbocycles. The molecule has 4 nitrogen and oxygen atoms in total. The zero-order valence-electron chi connectivity index (χ0n) is 12.5. The molecular formula is C17H23N3O. The van der Waals surface area contributed by atoms with Crippen LogP contribution in [0.4, 0.5) is 0 Å². The van der Waals surface area contributed by atoms with Gasteiger partial charge in [-0.3, -0.25) is 10.00 Å². The first-order valence-corrected chi connectivity index (χ1v) is 7.74. The molecular weight excluding hydrogens is 262 g/mol. The van der Waals surface area contributed by atoms with Crippen LogP contribution in [-0.2, 0) is 6.54 Å². The lowest BCUT2D eigenvalue weighted by Crippen LogP contribution is -2.31. The molecule has 0 spiro atoms. The Hall–Kier alpha value is -1.65. The third-order valence-electron chi connectivity index (χ3n) is 4.27. The van der Waals surface area contributed by atoms with Crippen LogP contribution in [0.5, 0.6) is 0 Å². The van der Waals surface area contributed by atoms with Gasteiger partial charge in [-0.2, -0.15) is 5.10 Å². The van der Waals surface area contributed by atoms with Crippen molar-refractivity contribution in [2.24, 2.45) is 0 Å². The third-order valence-corrected chi connectivity index (χ3v) is 4.27. The largest absolute Gasteiger partial charge is 0.393 e. The number of aromatic nitrogens is 2. The van der Waals surface area contributed by atoms with Gasteiger partial charge < -0.3 is 5.11 Å². The molecule has 21 heavy (non-hydrogen) atoms. The van der Waals surface area contributed by atoms with Gasteiger partial charge in [0, 0.05) is 18.2 Å². The Balaban J connectivity index is 1.75. The van der Waals surface area contributed by atoms with E-state index in [4.69, 9.17) is 0 Å². The molecule has 1 aromatic heterocycles. The Morgan fingerprint density at radius 3 is 2.95 bits per heavy atom. The minimum absolute atomic E-state index is 0.228. The fourth-order valence-corrected chi connectivity index (χ4v) is 3.27. The molecule has 0 radical (unpaired) electrons. The monoisotopic (exact) mass is 285 g/mol. The molecule has 112 valence electrons. The van der Waals surface area contributed by atoms with Crippen molar-refractivity contribution in [1.29, 1.82) is 0 Å². The van der Waals surface area contributed by atoms with Crippen LogP contribution in [0.25, 0.3) is 11.3 Å². The number of likely N-dealkylation sites (tertiary alicyclic amines) is 1. The minimum Gasteiger partial charge on any atom is -0.393 e. The topological polar surface area (TPSA) is 52.1 Å². The first-order valence-electron chi connectivity index (χ1n) is 7.74. The first kappa shape index (κ1) is 14.3. The summed E-state index contributed by atoms with van der Waals surface area (Å²) < 4.78 is 0. The molecule has 4 heteroatoms. The second-order valence-electron chi connectivity index (χ2n) is 5.99. The summed E-state index contributed by atoms with van der Waals surface area (Å²) >= 11 is 0. The van der Waals surface area contributed by atoms with E-state index in [-0.39, 0.29) is 6.10 Å². The van der Waals surface area contributed by atoms with E-state index < -0.39 is 0 Å². The SMILES string of the molecule is CC(O)CC1CCCN1Cc1cn[nH]c1-c1ccccc1. The summed E-state index contributed by atoms with van der Waals surface area (Å²) in [6.45, 7) is 3.89. The normalized spacial score (nSPS) is 20.8. The predicted molar refractivity (Wildman–Crippen MR) is 83.8 cm³/mol. The van der Waals surface area contributed by atoms with E-state index in [1.807, 2.05) is 31.3 Å². The summed E-state index contributed by atoms with van der Waals surface area (Å²) in [4.78, 5) is 2.48. The van der Waals surface area contributed by atoms with E-state index in [2.05, 4.69) is 27.2 Å². The van der Waals surface area contributed by atoms with Gasteiger partial charge in [0.15, 0.2) is 0 Å². The van der Waals surface area contributed by atoms with E-state index in [1.165, 1.54) is 24.0 Å². The van der Waals surface area contributed by atoms with Crippen molar-refractivity contribution >= 4 is 0 Å². The van der Waals surface area contributed by atoms with Gasteiger partial charge in [-0.1, -0.05) is 30.3 Å². The standard InChI is InChI=1S/C17H23N3O/c1-13(21)10-16-8-5-9-20(16)12-15-11-18-19-17(15)14-6-3-2-4-7-14/h2-4,6-7,11,13,16,21H,5,8-10,12H2,1H3,(H,18,19). The van der Waals surface area contributed by atoms with Crippen LogP contribution in [0, 0.1) is 0 Å². The maximum absolute atomic E-state index is 9.64. The van der Waals surface area contributed by atoms with Gasteiger partial charge in [-0.15, -0.1) is 0 Å². The fourth-order valence-electron chi connectivity index (χ4n) is 3.27. The van der Waals surface area contributed by atoms with Gasteiger partial charge >= 0.3 is 0 Å². The smallest absolute Gasteiger partial charge is 0.0695 e. The highest BCUT2D eigenvalue weighted by molar-refractivity contribution is 5.62. The zero-order chi connectivity index (χ0) is 14.7. The van der Waals surface area contributed by atoms with Crippen LogP contribution in [0.15, 0.2) is 36.5 Å². The Bertz CT molecular complexity index is 564. The van der Waals surface area contributed by atoms with E-state index >= 15 is 0 Å². The lowest BCUT2D eigenvalue weighted by atomic mass is 10.1. The van der Waals surface area contributed by atoms with E-state index in [9.17, 15) is 5.11 Å². The van der Waals surface area contributed by atoms with E-state index in [0.717, 1.165) is 25.2 Å². The van der Waals surface area contributed by atoms with Crippen LogP contribution in [0.2, 0.25) is 0 Å². The lowest BCUT2D eigenvalue weighted by molar-refractivity contribution is 0.131. The number of hydrogen-bond acceptors (Lipinski definition) is 3. The number of nitrogens with zero attached hydrogens (tertiary/aromatic N) is 2. The predicted octanol–water partition coefficient (Wildman–Crippen LogP) is 2.81. The number of aliphatic hydroxyl groups is 1. The van der Waals surface area contributed by atoms with Crippen LogP contribution in [0.3, 0.4) is 0 Å². The van der Waals surface area contributed by atoms with Crippen molar-refractivity contribution in [2.45, 2.75) is 44.9 Å². The highest BCUT2D eigenvalue weighted by Gasteiger charge is 2.26. The average molecular weight is 285 g/mol. The molecule has 1 fully saturated rings. The summed E-state index contributed by atoms with van der Waals surface area (Å²) in [6.07, 6.45) is 4.96. The van der Waals surface area contributed by atoms with Crippen molar-refractivity contribution in [3.63, 3.8) is 0 Å². The maximum Gasteiger partial charge on any atom is 0.0695 e. The van der Waals surface area contributed by atoms with Crippen molar-refractivity contribution in [2.75, 3.05) is 6.54 Å². The zero-order valence-corrected chi connectivity index (χ0v) is 12.5. The molecule has 2 N–H and O–H groups in total. The average Bonchev–Trinajstić information content (AvgIpc) is 3.10. The number of nitrogens with one attached hydrogen (secondary N) is 1. The van der Waals surface area contributed by atoms with Gasteiger partial charge in [-0.05, 0) is 38.3 Å². The van der Waals surface area contributed by atoms with E-state index in [0.29, 0.717) is 6.04 Å². The molecule has 2 atom stereocenters. The first-order chi connectivity index (χ1) is 10.2. The molecule has 3 rings (SSSR count). The number of aromatic amines is 1. The summed E-state index contributed by atoms with van der Waals surface area (Å²) in [7, 11) is 0. The second-order valence-corrected chi connectivity index (χ2v) is 5.99. The molecule has 2 heterocycles. The van der Waals surface area contributed by atoms with Crippen LogP contribution < -0.4 is 0 Å². The molecule has 2 unspecified atom stereocenters. The van der Waals surface area contributed by atoms with Gasteiger partial charge in [0.05, 0.1) is 18.0 Å². The summed E-state index contributed by atoms with van der Waals surface area (Å²) in [5.41, 5.74) is 3.52. The summed E-state index contributed by atoms with van der Waals surface area (Å²) in [5.74, 6) is 0. The van der Waals surface area contributed by atoms with Crippen LogP contribution >= 0.6 is 0 Å². The highest BCUT2D eigenvalue weighted by Crippen LogP contribution is 2.27.